The van der Waals surface area contributed by atoms with Gasteiger partial charge in [-0.05, 0) is 18.2 Å². The van der Waals surface area contributed by atoms with Crippen molar-refractivity contribution in [1.82, 2.24) is 15.1 Å². The molecular weight excluding hydrogens is 429 g/mol. The number of pyridine rings is 1. The second-order valence-corrected chi connectivity index (χ2v) is 6.36. The van der Waals surface area contributed by atoms with Crippen molar-refractivity contribution in [1.29, 1.82) is 0 Å². The van der Waals surface area contributed by atoms with Crippen LogP contribution in [0.5, 0.6) is 0 Å². The Morgan fingerprint density at radius 3 is 2.39 bits per heavy atom. The third-order valence-electron chi connectivity index (χ3n) is 3.83. The van der Waals surface area contributed by atoms with Crippen LogP contribution in [0.15, 0.2) is 35.0 Å². The maximum atomic E-state index is 14.2. The number of halogens is 5. The van der Waals surface area contributed by atoms with Crippen LogP contribution in [0, 0.1) is 11.6 Å². The van der Waals surface area contributed by atoms with Gasteiger partial charge in [0.25, 0.3) is 0 Å². The van der Waals surface area contributed by atoms with Crippen LogP contribution >= 0.6 is 0 Å². The lowest BCUT2D eigenvalue weighted by atomic mass is 10.1. The van der Waals surface area contributed by atoms with E-state index in [4.69, 9.17) is 4.74 Å². The average molecular weight is 443 g/mol. The fourth-order valence-electron chi connectivity index (χ4n) is 2.33. The summed E-state index contributed by atoms with van der Waals surface area (Å²) in [5.74, 6) is -4.21. The first-order valence-electron chi connectivity index (χ1n) is 8.51. The SMILES string of the molecule is CN(C)c1ccc(COC(=O)Nc2c(F)cc(-c3noc(C(F)(F)F)n3)cc2F)cn1. The molecule has 0 fully saturated rings. The van der Waals surface area contributed by atoms with E-state index in [0.29, 0.717) is 23.5 Å². The highest BCUT2D eigenvalue weighted by molar-refractivity contribution is 5.85. The number of carbonyl (C=O) groups excluding carboxylic acids is 1. The van der Waals surface area contributed by atoms with E-state index in [9.17, 15) is 26.7 Å². The lowest BCUT2D eigenvalue weighted by molar-refractivity contribution is -0.159. The maximum absolute atomic E-state index is 14.2. The number of carbonyl (C=O) groups is 1. The summed E-state index contributed by atoms with van der Waals surface area (Å²) in [7, 11) is 3.60. The Labute approximate surface area is 171 Å². The highest BCUT2D eigenvalue weighted by Crippen LogP contribution is 2.31. The molecule has 0 aliphatic carbocycles. The van der Waals surface area contributed by atoms with E-state index in [-0.39, 0.29) is 6.61 Å². The van der Waals surface area contributed by atoms with E-state index in [1.54, 1.807) is 31.1 Å². The Bertz CT molecular complexity index is 1060. The number of benzene rings is 1. The largest absolute Gasteiger partial charge is 0.471 e. The van der Waals surface area contributed by atoms with E-state index in [1.807, 2.05) is 5.32 Å². The van der Waals surface area contributed by atoms with Gasteiger partial charge in [0.2, 0.25) is 5.82 Å². The molecule has 0 radical (unpaired) electrons. The molecule has 8 nitrogen and oxygen atoms in total. The van der Waals surface area contributed by atoms with Gasteiger partial charge in [-0.15, -0.1) is 0 Å². The molecule has 164 valence electrons. The molecule has 2 heterocycles. The van der Waals surface area contributed by atoms with Gasteiger partial charge in [-0.2, -0.15) is 18.2 Å². The quantitative estimate of drug-likeness (QED) is 0.590. The highest BCUT2D eigenvalue weighted by Gasteiger charge is 2.38. The van der Waals surface area contributed by atoms with Gasteiger partial charge in [0.05, 0.1) is 0 Å². The molecule has 3 rings (SSSR count). The normalized spacial score (nSPS) is 11.3. The van der Waals surface area contributed by atoms with E-state index >= 15 is 0 Å². The molecule has 0 spiro atoms. The van der Waals surface area contributed by atoms with E-state index in [0.717, 1.165) is 0 Å². The van der Waals surface area contributed by atoms with Crippen molar-refractivity contribution in [3.05, 3.63) is 53.6 Å². The summed E-state index contributed by atoms with van der Waals surface area (Å²) in [6.07, 6.45) is -4.59. The topological polar surface area (TPSA) is 93.4 Å². The molecule has 2 aromatic heterocycles. The molecule has 0 saturated carbocycles. The zero-order valence-corrected chi connectivity index (χ0v) is 16.0. The molecule has 13 heteroatoms. The van der Waals surface area contributed by atoms with Crippen LogP contribution in [0.2, 0.25) is 0 Å². The number of anilines is 2. The summed E-state index contributed by atoms with van der Waals surface area (Å²) in [6, 6.07) is 4.64. The van der Waals surface area contributed by atoms with Gasteiger partial charge in [-0.1, -0.05) is 11.2 Å². The molecule has 31 heavy (non-hydrogen) atoms. The minimum absolute atomic E-state index is 0.211. The first kappa shape index (κ1) is 21.9. The molecule has 1 aromatic carbocycles. The van der Waals surface area contributed by atoms with Crippen LogP contribution < -0.4 is 10.2 Å². The fourth-order valence-corrected chi connectivity index (χ4v) is 2.33. The van der Waals surface area contributed by atoms with E-state index in [1.165, 1.54) is 6.20 Å². The number of ether oxygens (including phenoxy) is 1. The Kier molecular flexibility index (Phi) is 6.04. The summed E-state index contributed by atoms with van der Waals surface area (Å²) in [6.45, 7) is -0.211. The number of alkyl halides is 3. The van der Waals surface area contributed by atoms with Gasteiger partial charge < -0.3 is 14.2 Å². The number of hydrogen-bond acceptors (Lipinski definition) is 7. The smallest absolute Gasteiger partial charge is 0.444 e. The lowest BCUT2D eigenvalue weighted by Crippen LogP contribution is -2.16. The summed E-state index contributed by atoms with van der Waals surface area (Å²) >= 11 is 0. The Morgan fingerprint density at radius 1 is 1.19 bits per heavy atom. The van der Waals surface area contributed by atoms with Crippen LogP contribution in [0.1, 0.15) is 11.5 Å². The van der Waals surface area contributed by atoms with E-state index in [2.05, 4.69) is 19.6 Å². The molecule has 3 aromatic rings. The summed E-state index contributed by atoms with van der Waals surface area (Å²) in [5, 5.41) is 4.95. The second-order valence-electron chi connectivity index (χ2n) is 6.36. The van der Waals surface area contributed by atoms with Crippen molar-refractivity contribution in [2.24, 2.45) is 0 Å². The summed E-state index contributed by atoms with van der Waals surface area (Å²) in [5.41, 5.74) is -0.732. The molecule has 0 atom stereocenters. The molecule has 1 N–H and O–H groups in total. The standard InChI is InChI=1S/C18H14F5N5O3/c1-28(2)13-4-3-9(7-24-13)8-30-17(29)25-14-11(19)5-10(6-12(14)20)15-26-16(31-27-15)18(21,22)23/h3-7H,8H2,1-2H3,(H,25,29). The van der Waals surface area contributed by atoms with Gasteiger partial charge in [0.1, 0.15) is 18.1 Å². The van der Waals surface area contributed by atoms with Crippen molar-refractivity contribution in [2.75, 3.05) is 24.3 Å². The van der Waals surface area contributed by atoms with Crippen molar-refractivity contribution in [3.63, 3.8) is 0 Å². The van der Waals surface area contributed by atoms with Gasteiger partial charge in [-0.25, -0.2) is 18.6 Å². The molecule has 0 bridgehead atoms. The number of amides is 1. The molecule has 0 unspecified atom stereocenters. The number of nitrogens with zero attached hydrogens (tertiary/aromatic N) is 4. The van der Waals surface area contributed by atoms with Crippen molar-refractivity contribution >= 4 is 17.6 Å². The first-order valence-corrected chi connectivity index (χ1v) is 8.51. The van der Waals surface area contributed by atoms with Crippen LogP contribution in [0.4, 0.5) is 38.3 Å². The zero-order chi connectivity index (χ0) is 22.8. The van der Waals surface area contributed by atoms with Crippen molar-refractivity contribution in [3.8, 4) is 11.4 Å². The number of aromatic nitrogens is 3. The van der Waals surface area contributed by atoms with Crippen LogP contribution in [-0.2, 0) is 17.5 Å². The van der Waals surface area contributed by atoms with Gasteiger partial charge in [-0.3, -0.25) is 5.32 Å². The zero-order valence-electron chi connectivity index (χ0n) is 16.0. The van der Waals surface area contributed by atoms with Gasteiger partial charge in [0.15, 0.2) is 11.6 Å². The molecular formula is C18H14F5N5O3. The number of nitrogens with one attached hydrogen (secondary N) is 1. The number of rotatable bonds is 5. The minimum Gasteiger partial charge on any atom is -0.444 e. The second kappa shape index (κ2) is 8.53. The molecule has 0 aliphatic rings. The molecule has 0 aliphatic heterocycles. The van der Waals surface area contributed by atoms with Crippen LogP contribution in [-0.4, -0.2) is 35.3 Å². The number of hydrogen-bond donors (Lipinski definition) is 1. The predicted molar refractivity (Wildman–Crippen MR) is 97.0 cm³/mol. The molecule has 1 amide bonds. The predicted octanol–water partition coefficient (Wildman–Crippen LogP) is 4.24. The summed E-state index contributed by atoms with van der Waals surface area (Å²) in [4.78, 5) is 20.8. The van der Waals surface area contributed by atoms with Crippen LogP contribution in [0.3, 0.4) is 0 Å². The monoisotopic (exact) mass is 443 g/mol. The average Bonchev–Trinajstić information content (AvgIpc) is 3.20. The third-order valence-corrected chi connectivity index (χ3v) is 3.83. The van der Waals surface area contributed by atoms with Crippen LogP contribution in [0.25, 0.3) is 11.4 Å². The summed E-state index contributed by atoms with van der Waals surface area (Å²) < 4.78 is 75.0. The van der Waals surface area contributed by atoms with Gasteiger partial charge in [0, 0.05) is 31.4 Å². The van der Waals surface area contributed by atoms with Crippen molar-refractivity contribution < 1.29 is 36.0 Å². The first-order chi connectivity index (χ1) is 14.5. The van der Waals surface area contributed by atoms with Gasteiger partial charge >= 0.3 is 18.2 Å². The Morgan fingerprint density at radius 2 is 1.87 bits per heavy atom. The maximum Gasteiger partial charge on any atom is 0.471 e. The minimum atomic E-state index is -4.91. The van der Waals surface area contributed by atoms with Crippen molar-refractivity contribution in [2.45, 2.75) is 12.8 Å². The highest BCUT2D eigenvalue weighted by atomic mass is 19.4. The fraction of sp³-hybridized carbons (Fsp3) is 0.222. The van der Waals surface area contributed by atoms with E-state index < -0.39 is 46.9 Å². The lowest BCUT2D eigenvalue weighted by Gasteiger charge is -2.12. The third kappa shape index (κ3) is 5.24. The Balaban J connectivity index is 1.67. The Hall–Kier alpha value is -3.77. The molecule has 0 saturated heterocycles.